The van der Waals surface area contributed by atoms with Gasteiger partial charge in [-0.05, 0) is 12.1 Å². The average Bonchev–Trinajstić information content (AvgIpc) is 2.12. The molecule has 0 bridgehead atoms. The number of anilines is 1. The molecule has 1 aromatic heterocycles. The molecule has 0 aliphatic heterocycles. The van der Waals surface area contributed by atoms with Crippen LogP contribution in [0, 0.1) is 0 Å². The molecule has 1 rings (SSSR count). The van der Waals surface area contributed by atoms with Gasteiger partial charge in [0.2, 0.25) is 0 Å². The molecule has 0 radical (unpaired) electrons. The van der Waals surface area contributed by atoms with Crippen LogP contribution >= 0.6 is 11.6 Å². The van der Waals surface area contributed by atoms with Crippen molar-refractivity contribution in [1.82, 2.24) is 4.98 Å². The molecule has 8 heteroatoms. The third kappa shape index (κ3) is 3.80. The Morgan fingerprint density at radius 1 is 1.31 bits per heavy atom. The topological polar surface area (TPSA) is 24.9 Å². The Bertz CT molecular complexity index is 366. The van der Waals surface area contributed by atoms with E-state index in [2.05, 4.69) is 10.3 Å². The predicted octanol–water partition coefficient (Wildman–Crippen LogP) is 3.43. The molecule has 0 unspecified atom stereocenters. The lowest BCUT2D eigenvalue weighted by Gasteiger charge is -2.10. The first-order chi connectivity index (χ1) is 7.29. The molecule has 0 saturated heterocycles. The third-order valence-electron chi connectivity index (χ3n) is 1.56. The van der Waals surface area contributed by atoms with Crippen LogP contribution in [-0.4, -0.2) is 18.0 Å². The number of pyridine rings is 1. The van der Waals surface area contributed by atoms with Crippen molar-refractivity contribution in [3.05, 3.63) is 22.8 Å². The lowest BCUT2D eigenvalue weighted by Crippen LogP contribution is -2.13. The normalized spacial score (nSPS) is 11.9. The SMILES string of the molecule is FC(F)CNc1cc(C(F)(F)F)cc(Cl)n1. The zero-order chi connectivity index (χ0) is 12.3. The molecule has 0 atom stereocenters. The zero-order valence-corrected chi connectivity index (χ0v) is 8.41. The zero-order valence-electron chi connectivity index (χ0n) is 7.65. The molecule has 2 nitrogen and oxygen atoms in total. The highest BCUT2D eigenvalue weighted by Crippen LogP contribution is 2.31. The fraction of sp³-hybridized carbons (Fsp3) is 0.375. The van der Waals surface area contributed by atoms with Crippen LogP contribution in [0.15, 0.2) is 12.1 Å². The largest absolute Gasteiger partial charge is 0.416 e. The van der Waals surface area contributed by atoms with Gasteiger partial charge >= 0.3 is 6.18 Å². The Morgan fingerprint density at radius 3 is 2.44 bits per heavy atom. The number of nitrogens with one attached hydrogen (secondary N) is 1. The molecule has 90 valence electrons. The van der Waals surface area contributed by atoms with Crippen molar-refractivity contribution in [3.8, 4) is 0 Å². The Hall–Kier alpha value is -1.11. The molecule has 1 heterocycles. The maximum atomic E-state index is 12.3. The monoisotopic (exact) mass is 260 g/mol. The van der Waals surface area contributed by atoms with E-state index < -0.39 is 29.9 Å². The maximum Gasteiger partial charge on any atom is 0.416 e. The minimum atomic E-state index is -4.59. The van der Waals surface area contributed by atoms with Gasteiger partial charge in [0, 0.05) is 0 Å². The summed E-state index contributed by atoms with van der Waals surface area (Å²) < 4.78 is 60.5. The van der Waals surface area contributed by atoms with Crippen LogP contribution in [0.4, 0.5) is 27.8 Å². The summed E-state index contributed by atoms with van der Waals surface area (Å²) in [5.74, 6) is -0.333. The first-order valence-electron chi connectivity index (χ1n) is 4.06. The van der Waals surface area contributed by atoms with Crippen LogP contribution in [0.3, 0.4) is 0 Å². The van der Waals surface area contributed by atoms with Crippen molar-refractivity contribution in [2.75, 3.05) is 11.9 Å². The summed E-state index contributed by atoms with van der Waals surface area (Å²) >= 11 is 5.33. The summed E-state index contributed by atoms with van der Waals surface area (Å²) in [7, 11) is 0. The van der Waals surface area contributed by atoms with Gasteiger partial charge in [0.15, 0.2) is 0 Å². The van der Waals surface area contributed by atoms with Gasteiger partial charge in [0.25, 0.3) is 6.43 Å². The quantitative estimate of drug-likeness (QED) is 0.665. The van der Waals surface area contributed by atoms with Crippen molar-refractivity contribution in [2.45, 2.75) is 12.6 Å². The second-order valence-corrected chi connectivity index (χ2v) is 3.22. The summed E-state index contributed by atoms with van der Waals surface area (Å²) in [6.07, 6.45) is -7.27. The molecular weight excluding hydrogens is 255 g/mol. The van der Waals surface area contributed by atoms with Crippen LogP contribution in [0.25, 0.3) is 0 Å². The van der Waals surface area contributed by atoms with E-state index in [4.69, 9.17) is 11.6 Å². The van der Waals surface area contributed by atoms with Gasteiger partial charge in [-0.2, -0.15) is 13.2 Å². The minimum Gasteiger partial charge on any atom is -0.364 e. The minimum absolute atomic E-state index is 0.333. The van der Waals surface area contributed by atoms with Gasteiger partial charge in [-0.15, -0.1) is 0 Å². The average molecular weight is 261 g/mol. The molecule has 0 saturated carbocycles. The van der Waals surface area contributed by atoms with Gasteiger partial charge in [0.1, 0.15) is 11.0 Å². The van der Waals surface area contributed by atoms with E-state index in [9.17, 15) is 22.0 Å². The number of rotatable bonds is 3. The van der Waals surface area contributed by atoms with E-state index >= 15 is 0 Å². The summed E-state index contributed by atoms with van der Waals surface area (Å²) in [6, 6.07) is 1.24. The Kier molecular flexibility index (Phi) is 3.90. The number of hydrogen-bond donors (Lipinski definition) is 1. The lowest BCUT2D eigenvalue weighted by molar-refractivity contribution is -0.137. The first kappa shape index (κ1) is 13.0. The summed E-state index contributed by atoms with van der Waals surface area (Å²) in [5.41, 5.74) is -1.04. The second kappa shape index (κ2) is 4.82. The number of aromatic nitrogens is 1. The first-order valence-corrected chi connectivity index (χ1v) is 4.43. The van der Waals surface area contributed by atoms with Crippen molar-refractivity contribution in [3.63, 3.8) is 0 Å². The van der Waals surface area contributed by atoms with Crippen molar-refractivity contribution in [1.29, 1.82) is 0 Å². The Balaban J connectivity index is 2.90. The van der Waals surface area contributed by atoms with Gasteiger partial charge < -0.3 is 5.32 Å². The molecule has 0 aromatic carbocycles. The summed E-state index contributed by atoms with van der Waals surface area (Å²) in [6.45, 7) is -0.787. The van der Waals surface area contributed by atoms with Crippen LogP contribution in [0.2, 0.25) is 5.15 Å². The van der Waals surface area contributed by atoms with Crippen LogP contribution in [-0.2, 0) is 6.18 Å². The molecule has 1 N–H and O–H groups in total. The van der Waals surface area contributed by atoms with Crippen LogP contribution in [0.1, 0.15) is 5.56 Å². The molecule has 0 amide bonds. The van der Waals surface area contributed by atoms with Gasteiger partial charge in [-0.3, -0.25) is 0 Å². The van der Waals surface area contributed by atoms with Crippen LogP contribution in [0.5, 0.6) is 0 Å². The lowest BCUT2D eigenvalue weighted by atomic mass is 10.2. The molecule has 0 spiro atoms. The van der Waals surface area contributed by atoms with Crippen molar-refractivity contribution < 1.29 is 22.0 Å². The third-order valence-corrected chi connectivity index (χ3v) is 1.75. The molecular formula is C8H6ClF5N2. The van der Waals surface area contributed by atoms with E-state index in [0.717, 1.165) is 0 Å². The number of hydrogen-bond acceptors (Lipinski definition) is 2. The smallest absolute Gasteiger partial charge is 0.364 e. The standard InChI is InChI=1S/C8H6ClF5N2/c9-5-1-4(8(12,13)14)2-7(16-5)15-3-6(10)11/h1-2,6H,3H2,(H,15,16). The summed E-state index contributed by atoms with van der Waals surface area (Å²) in [5, 5.41) is 1.64. The van der Waals surface area contributed by atoms with Gasteiger partial charge in [0.05, 0.1) is 12.1 Å². The van der Waals surface area contributed by atoms with E-state index in [1.165, 1.54) is 0 Å². The Morgan fingerprint density at radius 2 is 1.94 bits per heavy atom. The van der Waals surface area contributed by atoms with Crippen molar-refractivity contribution in [2.24, 2.45) is 0 Å². The molecule has 0 aliphatic carbocycles. The predicted molar refractivity (Wildman–Crippen MR) is 48.7 cm³/mol. The van der Waals surface area contributed by atoms with Gasteiger partial charge in [-0.25, -0.2) is 13.8 Å². The number of halogens is 6. The fourth-order valence-corrected chi connectivity index (χ4v) is 1.14. The highest BCUT2D eigenvalue weighted by molar-refractivity contribution is 6.29. The van der Waals surface area contributed by atoms with E-state index in [1.807, 2.05) is 0 Å². The van der Waals surface area contributed by atoms with Crippen LogP contribution < -0.4 is 5.32 Å². The van der Waals surface area contributed by atoms with E-state index in [-0.39, 0.29) is 5.82 Å². The Labute approximate surface area is 92.4 Å². The molecule has 16 heavy (non-hydrogen) atoms. The van der Waals surface area contributed by atoms with Gasteiger partial charge in [-0.1, -0.05) is 11.6 Å². The van der Waals surface area contributed by atoms with E-state index in [1.54, 1.807) is 0 Å². The van der Waals surface area contributed by atoms with Crippen molar-refractivity contribution >= 4 is 17.4 Å². The number of nitrogens with zero attached hydrogens (tertiary/aromatic N) is 1. The summed E-state index contributed by atoms with van der Waals surface area (Å²) in [4.78, 5) is 3.44. The van der Waals surface area contributed by atoms with E-state index in [0.29, 0.717) is 12.1 Å². The molecule has 0 aliphatic rings. The fourth-order valence-electron chi connectivity index (χ4n) is 0.933. The highest BCUT2D eigenvalue weighted by atomic mass is 35.5. The highest BCUT2D eigenvalue weighted by Gasteiger charge is 2.31. The second-order valence-electron chi connectivity index (χ2n) is 2.83. The number of alkyl halides is 5. The molecule has 1 aromatic rings. The maximum absolute atomic E-state index is 12.3. The molecule has 0 fully saturated rings.